The lowest BCUT2D eigenvalue weighted by molar-refractivity contribution is 0.391. The molecule has 0 aliphatic carbocycles. The molecule has 0 unspecified atom stereocenters. The van der Waals surface area contributed by atoms with E-state index in [2.05, 4.69) is 45.6 Å². The highest BCUT2D eigenvalue weighted by Gasteiger charge is 2.21. The van der Waals surface area contributed by atoms with Gasteiger partial charge in [-0.25, -0.2) is 4.98 Å². The topological polar surface area (TPSA) is 16.1 Å². The molecule has 2 nitrogen and oxygen atoms in total. The van der Waals surface area contributed by atoms with Gasteiger partial charge in [0.15, 0.2) is 5.13 Å². The van der Waals surface area contributed by atoms with Crippen molar-refractivity contribution < 1.29 is 0 Å². The molecule has 0 N–H and O–H groups in total. The number of hydrogen-bond donors (Lipinski definition) is 0. The standard InChI is InChI=1S/C16H20N2S/c1-2-5-14(6-3-1)8-9-15-7-4-11-18(13-15)16-17-10-12-19-16/h1-3,5-6,10,12,15H,4,7-9,11,13H2/t15-/m0/s1. The van der Waals surface area contributed by atoms with E-state index in [0.29, 0.717) is 0 Å². The lowest BCUT2D eigenvalue weighted by Gasteiger charge is -2.32. The van der Waals surface area contributed by atoms with E-state index in [9.17, 15) is 0 Å². The molecular weight excluding hydrogens is 252 g/mol. The molecule has 1 aromatic carbocycles. The van der Waals surface area contributed by atoms with Crippen LogP contribution in [0.25, 0.3) is 0 Å². The maximum atomic E-state index is 4.44. The van der Waals surface area contributed by atoms with Crippen LogP contribution in [-0.2, 0) is 6.42 Å². The minimum atomic E-state index is 0.817. The molecule has 2 aromatic rings. The molecule has 0 radical (unpaired) electrons. The summed E-state index contributed by atoms with van der Waals surface area (Å²) in [5.74, 6) is 0.817. The van der Waals surface area contributed by atoms with Crippen LogP contribution in [-0.4, -0.2) is 18.1 Å². The Labute approximate surface area is 119 Å². The van der Waals surface area contributed by atoms with Gasteiger partial charge in [-0.2, -0.15) is 0 Å². The maximum absolute atomic E-state index is 4.44. The molecule has 1 aromatic heterocycles. The molecule has 0 spiro atoms. The van der Waals surface area contributed by atoms with Gasteiger partial charge in [0.1, 0.15) is 0 Å². The van der Waals surface area contributed by atoms with Gasteiger partial charge in [-0.3, -0.25) is 0 Å². The Kier molecular flexibility index (Phi) is 4.13. The van der Waals surface area contributed by atoms with Gasteiger partial charge in [-0.05, 0) is 37.2 Å². The van der Waals surface area contributed by atoms with Crippen LogP contribution in [0.2, 0.25) is 0 Å². The van der Waals surface area contributed by atoms with Gasteiger partial charge in [-0.1, -0.05) is 30.3 Å². The number of hydrogen-bond acceptors (Lipinski definition) is 3. The largest absolute Gasteiger partial charge is 0.348 e. The summed E-state index contributed by atoms with van der Waals surface area (Å²) in [5.41, 5.74) is 1.47. The van der Waals surface area contributed by atoms with Crippen LogP contribution >= 0.6 is 11.3 Å². The highest BCUT2D eigenvalue weighted by Crippen LogP contribution is 2.27. The molecule has 2 heterocycles. The molecule has 0 saturated carbocycles. The Morgan fingerprint density at radius 3 is 2.95 bits per heavy atom. The van der Waals surface area contributed by atoms with Crippen LogP contribution in [0.5, 0.6) is 0 Å². The fraction of sp³-hybridized carbons (Fsp3) is 0.438. The smallest absolute Gasteiger partial charge is 0.185 e. The van der Waals surface area contributed by atoms with Crippen molar-refractivity contribution in [1.29, 1.82) is 0 Å². The van der Waals surface area contributed by atoms with Gasteiger partial charge >= 0.3 is 0 Å². The monoisotopic (exact) mass is 272 g/mol. The molecule has 19 heavy (non-hydrogen) atoms. The van der Waals surface area contributed by atoms with Crippen molar-refractivity contribution >= 4 is 16.5 Å². The van der Waals surface area contributed by atoms with Crippen molar-refractivity contribution in [1.82, 2.24) is 4.98 Å². The van der Waals surface area contributed by atoms with Crippen LogP contribution in [0, 0.1) is 5.92 Å². The fourth-order valence-corrected chi connectivity index (χ4v) is 3.54. The van der Waals surface area contributed by atoms with E-state index in [4.69, 9.17) is 0 Å². The summed E-state index contributed by atoms with van der Waals surface area (Å²) in [4.78, 5) is 6.90. The Hall–Kier alpha value is -1.35. The van der Waals surface area contributed by atoms with E-state index >= 15 is 0 Å². The minimum Gasteiger partial charge on any atom is -0.348 e. The Bertz CT molecular complexity index is 481. The first-order valence-electron chi connectivity index (χ1n) is 7.10. The second kappa shape index (κ2) is 6.20. The van der Waals surface area contributed by atoms with Crippen molar-refractivity contribution in [2.75, 3.05) is 18.0 Å². The number of piperidine rings is 1. The van der Waals surface area contributed by atoms with Crippen LogP contribution in [0.15, 0.2) is 41.9 Å². The third kappa shape index (κ3) is 3.35. The summed E-state index contributed by atoms with van der Waals surface area (Å²) in [5, 5.41) is 3.27. The van der Waals surface area contributed by atoms with E-state index in [1.54, 1.807) is 11.3 Å². The third-order valence-corrected chi connectivity index (χ3v) is 4.73. The molecule has 3 heteroatoms. The lowest BCUT2D eigenvalue weighted by Crippen LogP contribution is -2.35. The number of nitrogens with zero attached hydrogens (tertiary/aromatic N) is 2. The minimum absolute atomic E-state index is 0.817. The Morgan fingerprint density at radius 2 is 2.16 bits per heavy atom. The summed E-state index contributed by atoms with van der Waals surface area (Å²) in [7, 11) is 0. The number of aryl methyl sites for hydroxylation is 1. The zero-order chi connectivity index (χ0) is 12.9. The van der Waals surface area contributed by atoms with E-state index in [0.717, 1.165) is 5.92 Å². The SMILES string of the molecule is c1ccc(CC[C@@H]2CCCN(c3nccs3)C2)cc1. The molecule has 0 bridgehead atoms. The molecule has 1 saturated heterocycles. The van der Waals surface area contributed by atoms with Crippen molar-refractivity contribution in [3.8, 4) is 0 Å². The number of anilines is 1. The summed E-state index contributed by atoms with van der Waals surface area (Å²) in [6.07, 6.45) is 7.09. The first kappa shape index (κ1) is 12.7. The Balaban J connectivity index is 1.54. The van der Waals surface area contributed by atoms with E-state index < -0.39 is 0 Å². The summed E-state index contributed by atoms with van der Waals surface area (Å²) in [6.45, 7) is 2.36. The second-order valence-corrected chi connectivity index (χ2v) is 6.17. The highest BCUT2D eigenvalue weighted by molar-refractivity contribution is 7.13. The first-order valence-corrected chi connectivity index (χ1v) is 7.98. The lowest BCUT2D eigenvalue weighted by atomic mass is 9.92. The molecule has 100 valence electrons. The quantitative estimate of drug-likeness (QED) is 0.836. The average molecular weight is 272 g/mol. The molecule has 1 aliphatic heterocycles. The van der Waals surface area contributed by atoms with Crippen LogP contribution in [0.1, 0.15) is 24.8 Å². The summed E-state index contributed by atoms with van der Waals surface area (Å²) >= 11 is 1.76. The highest BCUT2D eigenvalue weighted by atomic mass is 32.1. The summed E-state index contributed by atoms with van der Waals surface area (Å²) in [6, 6.07) is 10.8. The molecule has 1 atom stereocenters. The van der Waals surface area contributed by atoms with Gasteiger partial charge in [-0.15, -0.1) is 11.3 Å². The fourth-order valence-electron chi connectivity index (χ4n) is 2.86. The third-order valence-electron chi connectivity index (χ3n) is 3.89. The van der Waals surface area contributed by atoms with E-state index in [-0.39, 0.29) is 0 Å². The van der Waals surface area contributed by atoms with Gasteiger partial charge in [0.2, 0.25) is 0 Å². The van der Waals surface area contributed by atoms with Crippen molar-refractivity contribution in [2.24, 2.45) is 5.92 Å². The normalized spacial score (nSPS) is 19.6. The molecule has 1 aliphatic rings. The van der Waals surface area contributed by atoms with Gasteiger partial charge < -0.3 is 4.90 Å². The van der Waals surface area contributed by atoms with E-state index in [1.165, 1.54) is 49.5 Å². The van der Waals surface area contributed by atoms with Crippen LogP contribution < -0.4 is 4.90 Å². The second-order valence-electron chi connectivity index (χ2n) is 5.29. The van der Waals surface area contributed by atoms with Gasteiger partial charge in [0.05, 0.1) is 0 Å². The van der Waals surface area contributed by atoms with Crippen molar-refractivity contribution in [3.63, 3.8) is 0 Å². The zero-order valence-corrected chi connectivity index (χ0v) is 12.0. The number of rotatable bonds is 4. The molecule has 0 amide bonds. The van der Waals surface area contributed by atoms with Crippen molar-refractivity contribution in [3.05, 3.63) is 47.5 Å². The maximum Gasteiger partial charge on any atom is 0.185 e. The predicted octanol–water partition coefficient (Wildman–Crippen LogP) is 3.99. The predicted molar refractivity (Wildman–Crippen MR) is 81.8 cm³/mol. The first-order chi connectivity index (χ1) is 9.42. The molecule has 1 fully saturated rings. The number of thiazole rings is 1. The molecule has 3 rings (SSSR count). The number of aromatic nitrogens is 1. The van der Waals surface area contributed by atoms with Crippen LogP contribution in [0.3, 0.4) is 0 Å². The van der Waals surface area contributed by atoms with E-state index in [1.807, 2.05) is 6.20 Å². The summed E-state index contributed by atoms with van der Waals surface area (Å²) < 4.78 is 0. The number of benzene rings is 1. The Morgan fingerprint density at radius 1 is 1.26 bits per heavy atom. The van der Waals surface area contributed by atoms with Crippen LogP contribution in [0.4, 0.5) is 5.13 Å². The van der Waals surface area contributed by atoms with Crippen molar-refractivity contribution in [2.45, 2.75) is 25.7 Å². The average Bonchev–Trinajstić information content (AvgIpc) is 3.01. The van der Waals surface area contributed by atoms with Gasteiger partial charge in [0, 0.05) is 24.7 Å². The van der Waals surface area contributed by atoms with Gasteiger partial charge in [0.25, 0.3) is 0 Å². The molecular formula is C16H20N2S. The zero-order valence-electron chi connectivity index (χ0n) is 11.2.